The first-order valence-corrected chi connectivity index (χ1v) is 10.2. The number of nitrogens with one attached hydrogen (secondary N) is 1. The van der Waals surface area contributed by atoms with Crippen LogP contribution in [0, 0.1) is 0 Å². The van der Waals surface area contributed by atoms with Crippen molar-refractivity contribution in [1.82, 2.24) is 4.31 Å². The predicted molar refractivity (Wildman–Crippen MR) is 98.5 cm³/mol. The Morgan fingerprint density at radius 2 is 1.77 bits per heavy atom. The van der Waals surface area contributed by atoms with Gasteiger partial charge in [-0.3, -0.25) is 9.52 Å². The van der Waals surface area contributed by atoms with Gasteiger partial charge < -0.3 is 18.9 Å². The van der Waals surface area contributed by atoms with Crippen LogP contribution >= 0.6 is 11.8 Å². The summed E-state index contributed by atoms with van der Waals surface area (Å²) in [6, 6.07) is 2.08. The summed E-state index contributed by atoms with van der Waals surface area (Å²) in [6.07, 6.45) is 0. The maximum Gasteiger partial charge on any atom is 0.325 e. The van der Waals surface area contributed by atoms with Crippen molar-refractivity contribution in [2.45, 2.75) is 6.04 Å². The van der Waals surface area contributed by atoms with E-state index in [1.54, 1.807) is 0 Å². The summed E-state index contributed by atoms with van der Waals surface area (Å²) in [6.45, 7) is 0.199. The summed E-state index contributed by atoms with van der Waals surface area (Å²) < 4.78 is 49.6. The van der Waals surface area contributed by atoms with Gasteiger partial charge in [0.25, 0.3) is 0 Å². The molecule has 1 fully saturated rings. The molecule has 1 saturated heterocycles. The summed E-state index contributed by atoms with van der Waals surface area (Å²) in [4.78, 5) is 11.9. The summed E-state index contributed by atoms with van der Waals surface area (Å²) in [5.41, 5.74) is 0.223. The van der Waals surface area contributed by atoms with Gasteiger partial charge >= 0.3 is 16.2 Å². The number of esters is 1. The van der Waals surface area contributed by atoms with Crippen LogP contribution in [0.3, 0.4) is 0 Å². The number of anilines is 1. The molecular formula is C15H22N2O7S2. The molecule has 2 rings (SSSR count). The number of benzene rings is 1. The lowest BCUT2D eigenvalue weighted by Crippen LogP contribution is -2.52. The lowest BCUT2D eigenvalue weighted by Gasteiger charge is -2.32. The third-order valence-electron chi connectivity index (χ3n) is 3.77. The SMILES string of the molecule is COC(=O)C1CSCCN1S(=O)(=O)Nc1cc(OC)c(OC)c(OC)c1. The van der Waals surface area contributed by atoms with Crippen molar-refractivity contribution in [3.63, 3.8) is 0 Å². The minimum atomic E-state index is -3.99. The lowest BCUT2D eigenvalue weighted by molar-refractivity contribution is -0.144. The van der Waals surface area contributed by atoms with Gasteiger partial charge in [0.05, 0.1) is 34.1 Å². The molecule has 1 aromatic carbocycles. The number of carbonyl (C=O) groups is 1. The van der Waals surface area contributed by atoms with Gasteiger partial charge in [-0.05, 0) is 0 Å². The third kappa shape index (κ3) is 4.27. The highest BCUT2D eigenvalue weighted by Gasteiger charge is 2.38. The molecule has 1 aliphatic rings. The Hall–Kier alpha value is -1.85. The minimum Gasteiger partial charge on any atom is -0.493 e. The van der Waals surface area contributed by atoms with Gasteiger partial charge in [-0.25, -0.2) is 0 Å². The number of hydrogen-bond acceptors (Lipinski definition) is 8. The van der Waals surface area contributed by atoms with Crippen LogP contribution in [0.15, 0.2) is 12.1 Å². The molecule has 26 heavy (non-hydrogen) atoms. The van der Waals surface area contributed by atoms with E-state index in [4.69, 9.17) is 18.9 Å². The Morgan fingerprint density at radius 1 is 1.15 bits per heavy atom. The molecule has 1 aromatic rings. The zero-order valence-corrected chi connectivity index (χ0v) is 16.6. The van der Waals surface area contributed by atoms with Crippen LogP contribution in [0.1, 0.15) is 0 Å². The second-order valence-corrected chi connectivity index (χ2v) is 8.02. The van der Waals surface area contributed by atoms with Crippen molar-refractivity contribution in [3.8, 4) is 17.2 Å². The fraction of sp³-hybridized carbons (Fsp3) is 0.533. The number of rotatable bonds is 7. The second kappa shape index (κ2) is 8.69. The van der Waals surface area contributed by atoms with Crippen molar-refractivity contribution in [2.75, 3.05) is 51.2 Å². The van der Waals surface area contributed by atoms with Crippen molar-refractivity contribution in [1.29, 1.82) is 0 Å². The second-order valence-electron chi connectivity index (χ2n) is 5.25. The quantitative estimate of drug-likeness (QED) is 0.668. The number of carbonyl (C=O) groups excluding carboxylic acids is 1. The van der Waals surface area contributed by atoms with E-state index < -0.39 is 22.2 Å². The zero-order chi connectivity index (χ0) is 19.3. The maximum atomic E-state index is 12.8. The molecule has 9 nitrogen and oxygen atoms in total. The fourth-order valence-corrected chi connectivity index (χ4v) is 5.15. The van der Waals surface area contributed by atoms with Gasteiger partial charge in [0.15, 0.2) is 11.5 Å². The van der Waals surface area contributed by atoms with Crippen molar-refractivity contribution in [3.05, 3.63) is 12.1 Å². The van der Waals surface area contributed by atoms with E-state index in [0.717, 1.165) is 4.31 Å². The van der Waals surface area contributed by atoms with Gasteiger partial charge in [0.1, 0.15) is 6.04 Å². The lowest BCUT2D eigenvalue weighted by atomic mass is 10.2. The van der Waals surface area contributed by atoms with Crippen LogP contribution in [-0.2, 0) is 19.7 Å². The van der Waals surface area contributed by atoms with Crippen LogP contribution in [0.4, 0.5) is 5.69 Å². The fourth-order valence-electron chi connectivity index (χ4n) is 2.55. The number of hydrogen-bond donors (Lipinski definition) is 1. The van der Waals surface area contributed by atoms with Crippen molar-refractivity contribution >= 4 is 33.6 Å². The number of nitrogens with zero attached hydrogens (tertiary/aromatic N) is 1. The molecule has 11 heteroatoms. The van der Waals surface area contributed by atoms with Gasteiger partial charge in [0.2, 0.25) is 5.75 Å². The monoisotopic (exact) mass is 406 g/mol. The topological polar surface area (TPSA) is 103 Å². The summed E-state index contributed by atoms with van der Waals surface area (Å²) >= 11 is 1.50. The van der Waals surface area contributed by atoms with E-state index in [2.05, 4.69) is 4.72 Å². The summed E-state index contributed by atoms with van der Waals surface area (Å²) in [5.74, 6) is 1.30. The van der Waals surface area contributed by atoms with Crippen LogP contribution < -0.4 is 18.9 Å². The zero-order valence-electron chi connectivity index (χ0n) is 15.0. The van der Waals surface area contributed by atoms with Crippen LogP contribution in [0.25, 0.3) is 0 Å². The highest BCUT2D eigenvalue weighted by atomic mass is 32.2. The molecule has 0 aromatic heterocycles. The van der Waals surface area contributed by atoms with E-state index in [1.165, 1.54) is 52.3 Å². The molecule has 0 amide bonds. The van der Waals surface area contributed by atoms with Gasteiger partial charge in [-0.1, -0.05) is 0 Å². The first-order valence-electron chi connectivity index (χ1n) is 7.63. The molecule has 0 radical (unpaired) electrons. The minimum absolute atomic E-state index is 0.199. The molecule has 1 atom stereocenters. The molecule has 1 aliphatic heterocycles. The highest BCUT2D eigenvalue weighted by molar-refractivity contribution is 7.99. The molecule has 1 heterocycles. The van der Waals surface area contributed by atoms with Gasteiger partial charge in [-0.2, -0.15) is 24.5 Å². The largest absolute Gasteiger partial charge is 0.493 e. The number of methoxy groups -OCH3 is 4. The molecule has 0 spiro atoms. The Balaban J connectivity index is 2.34. The van der Waals surface area contributed by atoms with Crippen LogP contribution in [0.2, 0.25) is 0 Å². The smallest absolute Gasteiger partial charge is 0.325 e. The van der Waals surface area contributed by atoms with E-state index in [1.807, 2.05) is 0 Å². The third-order valence-corrected chi connectivity index (χ3v) is 6.34. The molecule has 1 N–H and O–H groups in total. The highest BCUT2D eigenvalue weighted by Crippen LogP contribution is 2.40. The average molecular weight is 406 g/mol. The molecule has 146 valence electrons. The van der Waals surface area contributed by atoms with Crippen molar-refractivity contribution in [2.24, 2.45) is 0 Å². The first kappa shape index (κ1) is 20.5. The van der Waals surface area contributed by atoms with E-state index in [0.29, 0.717) is 28.8 Å². The normalized spacial score (nSPS) is 18.1. The predicted octanol–water partition coefficient (Wildman–Crippen LogP) is 0.959. The van der Waals surface area contributed by atoms with Crippen LogP contribution in [0.5, 0.6) is 17.2 Å². The number of thioether (sulfide) groups is 1. The standard InChI is InChI=1S/C15H22N2O7S2/c1-21-12-7-10(8-13(22-2)14(12)23-3)16-26(19,20)17-5-6-25-9-11(17)15(18)24-4/h7-8,11,16H,5-6,9H2,1-4H3. The summed E-state index contributed by atoms with van der Waals surface area (Å²) in [5, 5.41) is 0. The first-order chi connectivity index (χ1) is 12.4. The van der Waals surface area contributed by atoms with E-state index in [-0.39, 0.29) is 12.2 Å². The van der Waals surface area contributed by atoms with Gasteiger partial charge in [0, 0.05) is 30.2 Å². The summed E-state index contributed by atoms with van der Waals surface area (Å²) in [7, 11) is 1.57. The van der Waals surface area contributed by atoms with Crippen LogP contribution in [-0.4, -0.2) is 71.2 Å². The average Bonchev–Trinajstić information content (AvgIpc) is 2.66. The number of ether oxygens (including phenoxy) is 4. The Bertz CT molecular complexity index is 729. The molecule has 0 aliphatic carbocycles. The molecular weight excluding hydrogens is 384 g/mol. The maximum absolute atomic E-state index is 12.8. The Kier molecular flexibility index (Phi) is 6.84. The van der Waals surface area contributed by atoms with E-state index >= 15 is 0 Å². The molecule has 1 unspecified atom stereocenters. The van der Waals surface area contributed by atoms with Gasteiger partial charge in [-0.15, -0.1) is 0 Å². The molecule has 0 bridgehead atoms. The Morgan fingerprint density at radius 3 is 2.27 bits per heavy atom. The van der Waals surface area contributed by atoms with Crippen molar-refractivity contribution < 1.29 is 32.2 Å². The molecule has 0 saturated carbocycles. The Labute approximate surface area is 157 Å². The van der Waals surface area contributed by atoms with E-state index in [9.17, 15) is 13.2 Å².